The lowest BCUT2D eigenvalue weighted by molar-refractivity contribution is -0.120. The van der Waals surface area contributed by atoms with Gasteiger partial charge in [-0.2, -0.15) is 4.37 Å². The number of primary amides is 1. The number of nitrogen functional groups attached to an aromatic ring is 1. The number of nitrogens with two attached hydrogens (primary N) is 2. The van der Waals surface area contributed by atoms with Crippen molar-refractivity contribution in [3.63, 3.8) is 0 Å². The van der Waals surface area contributed by atoms with E-state index in [0.717, 1.165) is 43.6 Å². The minimum absolute atomic E-state index is 0.00705. The zero-order chi connectivity index (χ0) is 21.0. The average molecular weight is 417 g/mol. The van der Waals surface area contributed by atoms with Crippen LogP contribution in [0.1, 0.15) is 52.3 Å². The lowest BCUT2D eigenvalue weighted by Crippen LogP contribution is -2.45. The smallest absolute Gasteiger partial charge is 0.272 e. The van der Waals surface area contributed by atoms with Gasteiger partial charge in [-0.1, -0.05) is 25.3 Å². The van der Waals surface area contributed by atoms with Crippen LogP contribution in [0, 0.1) is 0 Å². The minimum Gasteiger partial charge on any atom is -0.508 e. The third kappa shape index (κ3) is 4.83. The highest BCUT2D eigenvalue weighted by molar-refractivity contribution is 7.09. The maximum absolute atomic E-state index is 13.1. The number of carbonyl (C=O) groups excluding carboxylic acids is 3. The van der Waals surface area contributed by atoms with Gasteiger partial charge in [0.05, 0.1) is 5.69 Å². The molecule has 0 unspecified atom stereocenters. The van der Waals surface area contributed by atoms with Gasteiger partial charge in [-0.05, 0) is 36.5 Å². The topological polar surface area (TPSA) is 152 Å². The lowest BCUT2D eigenvalue weighted by atomic mass is 9.95. The first-order valence-corrected chi connectivity index (χ1v) is 10.1. The molecule has 10 heteroatoms. The highest BCUT2D eigenvalue weighted by Crippen LogP contribution is 2.27. The van der Waals surface area contributed by atoms with Gasteiger partial charge in [0, 0.05) is 17.8 Å². The van der Waals surface area contributed by atoms with E-state index in [2.05, 4.69) is 9.69 Å². The monoisotopic (exact) mass is 417 g/mol. The summed E-state index contributed by atoms with van der Waals surface area (Å²) in [6.45, 7) is -0.262. The van der Waals surface area contributed by atoms with Gasteiger partial charge < -0.3 is 21.9 Å². The number of aromatic hydroxyl groups is 1. The Labute approximate surface area is 171 Å². The van der Waals surface area contributed by atoms with Crippen molar-refractivity contribution in [2.75, 3.05) is 17.2 Å². The third-order valence-corrected chi connectivity index (χ3v) is 5.67. The number of carbonyl (C=O) groups is 3. The van der Waals surface area contributed by atoms with E-state index in [0.29, 0.717) is 5.69 Å². The predicted molar refractivity (Wildman–Crippen MR) is 110 cm³/mol. The van der Waals surface area contributed by atoms with Crippen LogP contribution in [-0.4, -0.2) is 39.8 Å². The molecule has 0 atom stereocenters. The number of amides is 3. The molecule has 154 valence electrons. The number of hydrogen-bond acceptors (Lipinski definition) is 7. The number of nitrogens with zero attached hydrogens (tertiary/aromatic N) is 2. The first-order chi connectivity index (χ1) is 13.9. The fourth-order valence-corrected chi connectivity index (χ4v) is 4.11. The first kappa shape index (κ1) is 20.6. The number of benzene rings is 1. The molecule has 1 aromatic heterocycles. The number of nitrogens with one attached hydrogen (secondary N) is 1. The second kappa shape index (κ2) is 8.91. The molecule has 1 fully saturated rings. The quantitative estimate of drug-likeness (QED) is 0.560. The molecule has 1 aliphatic rings. The zero-order valence-corrected chi connectivity index (χ0v) is 16.6. The predicted octanol–water partition coefficient (Wildman–Crippen LogP) is 1.63. The van der Waals surface area contributed by atoms with Crippen molar-refractivity contribution in [3.8, 4) is 5.75 Å². The van der Waals surface area contributed by atoms with E-state index in [4.69, 9.17) is 11.5 Å². The number of hydrogen-bond donors (Lipinski definition) is 4. The first-order valence-electron chi connectivity index (χ1n) is 9.32. The summed E-state index contributed by atoms with van der Waals surface area (Å²) in [5, 5.41) is 12.8. The van der Waals surface area contributed by atoms with Crippen LogP contribution in [-0.2, 0) is 4.79 Å². The Kier molecular flexibility index (Phi) is 6.32. The Hall–Kier alpha value is -3.14. The van der Waals surface area contributed by atoms with Gasteiger partial charge in [0.2, 0.25) is 5.91 Å². The van der Waals surface area contributed by atoms with Crippen molar-refractivity contribution < 1.29 is 19.5 Å². The molecule has 6 N–H and O–H groups in total. The van der Waals surface area contributed by atoms with Gasteiger partial charge in [-0.3, -0.25) is 19.3 Å². The molecule has 9 nitrogen and oxygen atoms in total. The van der Waals surface area contributed by atoms with E-state index >= 15 is 0 Å². The van der Waals surface area contributed by atoms with Crippen LogP contribution in [0.25, 0.3) is 0 Å². The minimum atomic E-state index is -0.836. The molecule has 1 aliphatic carbocycles. The van der Waals surface area contributed by atoms with E-state index in [9.17, 15) is 19.5 Å². The summed E-state index contributed by atoms with van der Waals surface area (Å²) in [4.78, 5) is 38.4. The van der Waals surface area contributed by atoms with Crippen molar-refractivity contribution in [2.24, 2.45) is 5.73 Å². The second-order valence-electron chi connectivity index (χ2n) is 6.95. The van der Waals surface area contributed by atoms with Gasteiger partial charge in [0.25, 0.3) is 11.8 Å². The van der Waals surface area contributed by atoms with Crippen molar-refractivity contribution >= 4 is 40.6 Å². The molecule has 3 amide bonds. The Balaban J connectivity index is 1.86. The van der Waals surface area contributed by atoms with Crippen LogP contribution in [0.5, 0.6) is 5.75 Å². The van der Waals surface area contributed by atoms with Crippen LogP contribution in [0.3, 0.4) is 0 Å². The lowest BCUT2D eigenvalue weighted by Gasteiger charge is -2.26. The summed E-state index contributed by atoms with van der Waals surface area (Å²) < 4.78 is 3.85. The van der Waals surface area contributed by atoms with Crippen LogP contribution in [0.4, 0.5) is 11.4 Å². The van der Waals surface area contributed by atoms with Crippen LogP contribution in [0.15, 0.2) is 24.3 Å². The highest BCUT2D eigenvalue weighted by Gasteiger charge is 2.28. The van der Waals surface area contributed by atoms with Crippen molar-refractivity contribution in [2.45, 2.75) is 38.1 Å². The number of aromatic nitrogens is 1. The Bertz CT molecular complexity index is 923. The third-order valence-electron chi connectivity index (χ3n) is 4.81. The number of phenols is 1. The van der Waals surface area contributed by atoms with E-state index in [1.807, 2.05) is 0 Å². The van der Waals surface area contributed by atoms with Gasteiger partial charge in [0.15, 0.2) is 5.69 Å². The van der Waals surface area contributed by atoms with Crippen LogP contribution in [0.2, 0.25) is 0 Å². The standard InChI is InChI=1S/C19H23N5O4S/c20-15-16(18(21)27)23-29-17(15)19(28)24(12-7-4-8-13(25)9-12)10-14(26)22-11-5-2-1-3-6-11/h4,7-9,11,25H,1-3,5-6,10,20H2,(H2,21,27)(H,22,26). The average Bonchev–Trinajstić information content (AvgIpc) is 3.08. The Morgan fingerprint density at radius 2 is 1.97 bits per heavy atom. The number of rotatable bonds is 6. The molecular formula is C19H23N5O4S. The van der Waals surface area contributed by atoms with Gasteiger partial charge >= 0.3 is 0 Å². The van der Waals surface area contributed by atoms with Crippen molar-refractivity contribution in [1.29, 1.82) is 0 Å². The Morgan fingerprint density at radius 1 is 1.24 bits per heavy atom. The molecule has 1 aromatic carbocycles. The SMILES string of the molecule is NC(=O)c1nsc(C(=O)N(CC(=O)NC2CCCCC2)c2cccc(O)c2)c1N. The molecule has 2 aromatic rings. The van der Waals surface area contributed by atoms with E-state index < -0.39 is 11.8 Å². The van der Waals surface area contributed by atoms with Crippen molar-refractivity contribution in [1.82, 2.24) is 9.69 Å². The molecule has 29 heavy (non-hydrogen) atoms. The summed E-state index contributed by atoms with van der Waals surface area (Å²) in [5.74, 6) is -1.80. The van der Waals surface area contributed by atoms with Crippen LogP contribution >= 0.6 is 11.5 Å². The second-order valence-corrected chi connectivity index (χ2v) is 7.73. The summed E-state index contributed by atoms with van der Waals surface area (Å²) in [6, 6.07) is 6.08. The number of phenolic OH excluding ortho intramolecular Hbond substituents is 1. The van der Waals surface area contributed by atoms with E-state index in [-0.39, 0.29) is 40.5 Å². The zero-order valence-electron chi connectivity index (χ0n) is 15.8. The maximum atomic E-state index is 13.1. The molecule has 0 spiro atoms. The van der Waals surface area contributed by atoms with Crippen molar-refractivity contribution in [3.05, 3.63) is 34.8 Å². The van der Waals surface area contributed by atoms with Crippen LogP contribution < -0.4 is 21.7 Å². The van der Waals surface area contributed by atoms with Gasteiger partial charge in [-0.15, -0.1) is 0 Å². The van der Waals surface area contributed by atoms with E-state index in [1.54, 1.807) is 12.1 Å². The summed E-state index contributed by atoms with van der Waals surface area (Å²) in [7, 11) is 0. The molecule has 1 heterocycles. The summed E-state index contributed by atoms with van der Waals surface area (Å²) >= 11 is 0.741. The van der Waals surface area contributed by atoms with Gasteiger partial charge in [-0.25, -0.2) is 0 Å². The molecular weight excluding hydrogens is 394 g/mol. The number of anilines is 2. The maximum Gasteiger partial charge on any atom is 0.272 e. The van der Waals surface area contributed by atoms with E-state index in [1.165, 1.54) is 17.0 Å². The molecule has 0 bridgehead atoms. The molecule has 0 saturated heterocycles. The normalized spacial score (nSPS) is 14.3. The fraction of sp³-hybridized carbons (Fsp3) is 0.368. The fourth-order valence-electron chi connectivity index (χ4n) is 3.36. The molecule has 0 radical (unpaired) electrons. The highest BCUT2D eigenvalue weighted by atomic mass is 32.1. The Morgan fingerprint density at radius 3 is 2.59 bits per heavy atom. The summed E-state index contributed by atoms with van der Waals surface area (Å²) in [6.07, 6.45) is 5.11. The molecule has 3 rings (SSSR count). The largest absolute Gasteiger partial charge is 0.508 e. The summed E-state index contributed by atoms with van der Waals surface area (Å²) in [5.41, 5.74) is 11.1. The van der Waals surface area contributed by atoms with Gasteiger partial charge in [0.1, 0.15) is 17.2 Å². The molecule has 0 aliphatic heterocycles. The molecule has 1 saturated carbocycles.